The van der Waals surface area contributed by atoms with E-state index in [9.17, 15) is 25.5 Å². The number of hydrogen-bond acceptors (Lipinski definition) is 4. The zero-order valence-electron chi connectivity index (χ0n) is 8.32. The SMILES string of the molecule is O=S(=O)(F)c1[nH]nc2ccc(OC(F)(F)F)cc12. The van der Waals surface area contributed by atoms with Crippen LogP contribution in [0.25, 0.3) is 10.9 Å². The van der Waals surface area contributed by atoms with Crippen LogP contribution in [0.3, 0.4) is 0 Å². The summed E-state index contributed by atoms with van der Waals surface area (Å²) in [5.74, 6) is -0.665. The third-order valence-electron chi connectivity index (χ3n) is 1.97. The van der Waals surface area contributed by atoms with Crippen molar-refractivity contribution in [1.82, 2.24) is 10.2 Å². The first-order valence-corrected chi connectivity index (χ1v) is 5.74. The summed E-state index contributed by atoms with van der Waals surface area (Å²) in [7, 11) is -5.10. The zero-order chi connectivity index (χ0) is 13.6. The molecule has 1 aromatic heterocycles. The van der Waals surface area contributed by atoms with Crippen LogP contribution in [-0.2, 0) is 10.2 Å². The number of fused-ring (bicyclic) bond motifs is 1. The molecule has 0 aliphatic rings. The molecule has 0 atom stereocenters. The van der Waals surface area contributed by atoms with Crippen LogP contribution in [0, 0.1) is 0 Å². The van der Waals surface area contributed by atoms with Crippen LogP contribution in [0.15, 0.2) is 23.2 Å². The molecule has 0 amide bonds. The van der Waals surface area contributed by atoms with Crippen molar-refractivity contribution in [3.8, 4) is 5.75 Å². The normalized spacial score (nSPS) is 12.9. The van der Waals surface area contributed by atoms with Gasteiger partial charge in [-0.05, 0) is 18.2 Å². The Balaban J connectivity index is 2.56. The minimum atomic E-state index is -5.10. The molecule has 0 saturated heterocycles. The largest absolute Gasteiger partial charge is 0.573 e. The molecule has 1 N–H and O–H groups in total. The van der Waals surface area contributed by atoms with E-state index in [-0.39, 0.29) is 10.9 Å². The van der Waals surface area contributed by atoms with E-state index >= 15 is 0 Å². The molecule has 0 aliphatic heterocycles. The Morgan fingerprint density at radius 1 is 1.28 bits per heavy atom. The number of halogens is 4. The molecule has 0 fully saturated rings. The first-order valence-electron chi connectivity index (χ1n) is 4.35. The summed E-state index contributed by atoms with van der Waals surface area (Å²) in [5.41, 5.74) is 0.000694. The number of alkyl halides is 3. The van der Waals surface area contributed by atoms with E-state index < -0.39 is 27.4 Å². The van der Waals surface area contributed by atoms with E-state index in [0.717, 1.165) is 18.2 Å². The second-order valence-corrected chi connectivity index (χ2v) is 4.50. The van der Waals surface area contributed by atoms with Crippen LogP contribution < -0.4 is 4.74 Å². The van der Waals surface area contributed by atoms with Crippen molar-refractivity contribution in [3.05, 3.63) is 18.2 Å². The minimum Gasteiger partial charge on any atom is -0.406 e. The first kappa shape index (κ1) is 12.6. The number of nitrogens with one attached hydrogen (secondary N) is 1. The molecule has 18 heavy (non-hydrogen) atoms. The van der Waals surface area contributed by atoms with Crippen LogP contribution in [0.5, 0.6) is 5.75 Å². The molecule has 5 nitrogen and oxygen atoms in total. The summed E-state index contributed by atoms with van der Waals surface area (Å²) in [6.07, 6.45) is -4.92. The van der Waals surface area contributed by atoms with E-state index in [2.05, 4.69) is 9.84 Å². The van der Waals surface area contributed by atoms with Gasteiger partial charge in [0, 0.05) is 5.39 Å². The van der Waals surface area contributed by atoms with Gasteiger partial charge < -0.3 is 4.74 Å². The highest BCUT2D eigenvalue weighted by Crippen LogP contribution is 2.29. The Morgan fingerprint density at radius 3 is 2.50 bits per heavy atom. The lowest BCUT2D eigenvalue weighted by Crippen LogP contribution is -2.17. The van der Waals surface area contributed by atoms with E-state index in [0.29, 0.717) is 0 Å². The van der Waals surface area contributed by atoms with Crippen LogP contribution in [-0.4, -0.2) is 25.0 Å². The maximum absolute atomic E-state index is 12.8. The van der Waals surface area contributed by atoms with E-state index in [4.69, 9.17) is 0 Å². The highest BCUT2D eigenvalue weighted by Gasteiger charge is 2.31. The lowest BCUT2D eigenvalue weighted by Gasteiger charge is -2.08. The van der Waals surface area contributed by atoms with Crippen LogP contribution in [0.1, 0.15) is 0 Å². The number of nitrogens with zero attached hydrogens (tertiary/aromatic N) is 1. The average Bonchev–Trinajstić information content (AvgIpc) is 2.56. The van der Waals surface area contributed by atoms with Crippen molar-refractivity contribution in [1.29, 1.82) is 0 Å². The van der Waals surface area contributed by atoms with Gasteiger partial charge in [0.25, 0.3) is 0 Å². The lowest BCUT2D eigenvalue weighted by molar-refractivity contribution is -0.274. The molecule has 0 radical (unpaired) electrons. The standard InChI is InChI=1S/C8H4F4N2O3S/c9-8(10,11)17-4-1-2-6-5(3-4)7(14-13-6)18(12,15)16/h1-3H,(H,13,14). The topological polar surface area (TPSA) is 72.0 Å². The third-order valence-corrected chi connectivity index (χ3v) is 2.77. The average molecular weight is 284 g/mol. The van der Waals surface area contributed by atoms with Crippen molar-refractivity contribution < 1.29 is 30.2 Å². The predicted octanol–water partition coefficient (Wildman–Crippen LogP) is 2.12. The van der Waals surface area contributed by atoms with E-state index in [1.807, 2.05) is 5.10 Å². The van der Waals surface area contributed by atoms with Gasteiger partial charge in [0.1, 0.15) is 5.75 Å². The Hall–Kier alpha value is -1.84. The van der Waals surface area contributed by atoms with Crippen molar-refractivity contribution in [2.24, 2.45) is 0 Å². The Bertz CT molecular complexity index is 692. The maximum Gasteiger partial charge on any atom is 0.573 e. The Morgan fingerprint density at radius 2 is 1.94 bits per heavy atom. The number of H-pyrrole nitrogens is 1. The summed E-state index contributed by atoms with van der Waals surface area (Å²) in [6.45, 7) is 0. The molecule has 0 aliphatic carbocycles. The summed E-state index contributed by atoms with van der Waals surface area (Å²) in [4.78, 5) is 0. The van der Waals surface area contributed by atoms with Gasteiger partial charge in [-0.25, -0.2) is 0 Å². The van der Waals surface area contributed by atoms with Crippen molar-refractivity contribution in [3.63, 3.8) is 0 Å². The van der Waals surface area contributed by atoms with Crippen LogP contribution in [0.4, 0.5) is 17.1 Å². The van der Waals surface area contributed by atoms with Crippen molar-refractivity contribution in [2.75, 3.05) is 0 Å². The molecule has 2 rings (SSSR count). The fraction of sp³-hybridized carbons (Fsp3) is 0.125. The minimum absolute atomic E-state index is 0.000694. The smallest absolute Gasteiger partial charge is 0.406 e. The molecule has 10 heteroatoms. The van der Waals surface area contributed by atoms with Gasteiger partial charge in [-0.15, -0.1) is 13.2 Å². The third kappa shape index (κ3) is 2.53. The molecule has 0 unspecified atom stereocenters. The number of ether oxygens (including phenoxy) is 1. The van der Waals surface area contributed by atoms with Gasteiger partial charge in [-0.2, -0.15) is 13.5 Å². The molecule has 0 saturated carbocycles. The molecule has 1 heterocycles. The fourth-order valence-electron chi connectivity index (χ4n) is 1.35. The maximum atomic E-state index is 12.8. The highest BCUT2D eigenvalue weighted by atomic mass is 32.3. The van der Waals surface area contributed by atoms with Crippen LogP contribution in [0.2, 0.25) is 0 Å². The quantitative estimate of drug-likeness (QED) is 0.677. The van der Waals surface area contributed by atoms with Crippen LogP contribution >= 0.6 is 0 Å². The Labute approximate surface area is 97.6 Å². The summed E-state index contributed by atoms with van der Waals surface area (Å²) < 4.78 is 73.7. The number of rotatable bonds is 2. The molecule has 1 aromatic carbocycles. The van der Waals surface area contributed by atoms with Gasteiger partial charge >= 0.3 is 16.6 Å². The summed E-state index contributed by atoms with van der Waals surface area (Å²) in [5, 5.41) is 4.10. The molecule has 0 bridgehead atoms. The first-order chi connectivity index (χ1) is 8.17. The van der Waals surface area contributed by atoms with Gasteiger partial charge in [0.05, 0.1) is 5.52 Å². The molecule has 98 valence electrons. The van der Waals surface area contributed by atoms with E-state index in [1.54, 1.807) is 0 Å². The summed E-state index contributed by atoms with van der Waals surface area (Å²) in [6, 6.07) is 2.74. The van der Waals surface area contributed by atoms with Crippen molar-refractivity contribution in [2.45, 2.75) is 11.4 Å². The van der Waals surface area contributed by atoms with Gasteiger partial charge in [-0.3, -0.25) is 5.10 Å². The van der Waals surface area contributed by atoms with Gasteiger partial charge in [-0.1, -0.05) is 3.89 Å². The predicted molar refractivity (Wildman–Crippen MR) is 51.1 cm³/mol. The monoisotopic (exact) mass is 284 g/mol. The molecular formula is C8H4F4N2O3S. The lowest BCUT2D eigenvalue weighted by atomic mass is 10.2. The fourth-order valence-corrected chi connectivity index (χ4v) is 1.93. The number of benzene rings is 1. The number of aromatic amines is 1. The Kier molecular flexibility index (Phi) is 2.69. The number of hydrogen-bond donors (Lipinski definition) is 1. The van der Waals surface area contributed by atoms with Crippen molar-refractivity contribution >= 4 is 21.1 Å². The van der Waals surface area contributed by atoms with Gasteiger partial charge in [0.15, 0.2) is 5.03 Å². The molecule has 2 aromatic rings. The second kappa shape index (κ2) is 3.83. The second-order valence-electron chi connectivity index (χ2n) is 3.22. The molecule has 0 spiro atoms. The zero-order valence-corrected chi connectivity index (χ0v) is 9.14. The number of aromatic nitrogens is 2. The summed E-state index contributed by atoms with van der Waals surface area (Å²) >= 11 is 0. The van der Waals surface area contributed by atoms with E-state index in [1.165, 1.54) is 0 Å². The highest BCUT2D eigenvalue weighted by molar-refractivity contribution is 7.86. The molecular weight excluding hydrogens is 280 g/mol. The van der Waals surface area contributed by atoms with Gasteiger partial charge in [0.2, 0.25) is 0 Å².